The van der Waals surface area contributed by atoms with Crippen molar-refractivity contribution in [2.45, 2.75) is 25.8 Å². The summed E-state index contributed by atoms with van der Waals surface area (Å²) < 4.78 is 5.60. The van der Waals surface area contributed by atoms with Gasteiger partial charge in [-0.1, -0.05) is 78.4 Å². The summed E-state index contributed by atoms with van der Waals surface area (Å²) in [5.41, 5.74) is 6.82. The third-order valence-electron chi connectivity index (χ3n) is 5.91. The van der Waals surface area contributed by atoms with E-state index in [2.05, 4.69) is 29.6 Å². The van der Waals surface area contributed by atoms with Gasteiger partial charge in [-0.15, -0.1) is 0 Å². The number of hydrogen-bond donors (Lipinski definition) is 1. The minimum Gasteiger partial charge on any atom is -0.447 e. The average molecular weight is 445 g/mol. The van der Waals surface area contributed by atoms with Crippen molar-refractivity contribution in [1.29, 1.82) is 0 Å². The van der Waals surface area contributed by atoms with Crippen LogP contribution in [-0.2, 0) is 20.9 Å². The lowest BCUT2D eigenvalue weighted by Gasteiger charge is -2.21. The minimum absolute atomic E-state index is 0.0298. The topological polar surface area (TPSA) is 67.9 Å². The van der Waals surface area contributed by atoms with E-state index >= 15 is 0 Å². The monoisotopic (exact) mass is 444 g/mol. The predicted octanol–water partition coefficient (Wildman–Crippen LogP) is 4.81. The van der Waals surface area contributed by atoms with E-state index < -0.39 is 6.09 Å². The molecule has 0 bridgehead atoms. The van der Waals surface area contributed by atoms with Crippen molar-refractivity contribution < 1.29 is 19.2 Å². The van der Waals surface area contributed by atoms with Gasteiger partial charge in [-0.25, -0.2) is 4.79 Å². The van der Waals surface area contributed by atoms with Crippen molar-refractivity contribution in [1.82, 2.24) is 10.4 Å². The van der Waals surface area contributed by atoms with Crippen LogP contribution < -0.4 is 5.32 Å². The number of fused-ring (bicyclic) bond motifs is 3. The fourth-order valence-electron chi connectivity index (χ4n) is 4.12. The molecule has 0 spiro atoms. The van der Waals surface area contributed by atoms with E-state index in [1.165, 1.54) is 23.8 Å². The van der Waals surface area contributed by atoms with Gasteiger partial charge in [0.05, 0.1) is 13.7 Å². The zero-order chi connectivity index (χ0) is 23.2. The first-order valence-corrected chi connectivity index (χ1v) is 11.1. The van der Waals surface area contributed by atoms with Crippen LogP contribution in [-0.4, -0.2) is 37.3 Å². The summed E-state index contributed by atoms with van der Waals surface area (Å²) in [4.78, 5) is 30.0. The Morgan fingerprint density at radius 3 is 2.12 bits per heavy atom. The van der Waals surface area contributed by atoms with Crippen LogP contribution in [0, 0.1) is 6.92 Å². The van der Waals surface area contributed by atoms with E-state index in [1.807, 2.05) is 55.5 Å². The Balaban J connectivity index is 1.29. The number of ether oxygens (including phenoxy) is 1. The predicted molar refractivity (Wildman–Crippen MR) is 126 cm³/mol. The Labute approximate surface area is 194 Å². The highest BCUT2D eigenvalue weighted by Gasteiger charge is 2.29. The number of aryl methyl sites for hydroxylation is 1. The van der Waals surface area contributed by atoms with Crippen molar-refractivity contribution in [3.63, 3.8) is 0 Å². The molecule has 0 unspecified atom stereocenters. The quantitative estimate of drug-likeness (QED) is 0.506. The van der Waals surface area contributed by atoms with Gasteiger partial charge in [0.15, 0.2) is 0 Å². The van der Waals surface area contributed by atoms with Crippen LogP contribution in [0.2, 0.25) is 0 Å². The van der Waals surface area contributed by atoms with Gasteiger partial charge < -0.3 is 10.1 Å². The zero-order valence-electron chi connectivity index (χ0n) is 18.9. The summed E-state index contributed by atoms with van der Waals surface area (Å²) in [6.07, 6.45) is -0.491. The molecule has 1 aliphatic rings. The number of rotatable bonds is 8. The standard InChI is InChI=1S/C27H28N2O4/c1-19-11-13-20(14-12-19)17-28-26(30)15-16-29(32-2)27(31)33-18-25-23-9-5-3-7-21(23)22-8-4-6-10-24(22)25/h3-14,25H,15-18H2,1-2H3,(H,28,30). The molecule has 0 saturated carbocycles. The molecule has 0 atom stereocenters. The molecular formula is C27H28N2O4. The first kappa shape index (κ1) is 22.6. The Morgan fingerprint density at radius 2 is 1.52 bits per heavy atom. The molecule has 2 amide bonds. The Morgan fingerprint density at radius 1 is 0.909 bits per heavy atom. The maximum absolute atomic E-state index is 12.6. The molecule has 0 aliphatic heterocycles. The third-order valence-corrected chi connectivity index (χ3v) is 5.91. The number of hydrogen-bond acceptors (Lipinski definition) is 4. The summed E-state index contributed by atoms with van der Waals surface area (Å²) in [7, 11) is 1.39. The van der Waals surface area contributed by atoms with Crippen LogP contribution in [0.4, 0.5) is 4.79 Å². The highest BCUT2D eigenvalue weighted by Crippen LogP contribution is 2.44. The zero-order valence-corrected chi connectivity index (χ0v) is 18.9. The maximum Gasteiger partial charge on any atom is 0.433 e. The second-order valence-corrected chi connectivity index (χ2v) is 8.10. The fraction of sp³-hybridized carbons (Fsp3) is 0.259. The summed E-state index contributed by atoms with van der Waals surface area (Å²) in [6.45, 7) is 2.77. The lowest BCUT2D eigenvalue weighted by molar-refractivity contribution is -0.129. The van der Waals surface area contributed by atoms with Crippen LogP contribution >= 0.6 is 0 Å². The minimum atomic E-state index is -0.606. The number of carbonyl (C=O) groups excluding carboxylic acids is 2. The number of hydroxylamine groups is 2. The van der Waals surface area contributed by atoms with Gasteiger partial charge in [0.1, 0.15) is 6.61 Å². The highest BCUT2D eigenvalue weighted by atomic mass is 16.7. The van der Waals surface area contributed by atoms with Gasteiger partial charge in [-0.05, 0) is 34.7 Å². The van der Waals surface area contributed by atoms with Crippen molar-refractivity contribution in [2.75, 3.05) is 20.3 Å². The van der Waals surface area contributed by atoms with Crippen LogP contribution in [0.15, 0.2) is 72.8 Å². The van der Waals surface area contributed by atoms with E-state index in [0.717, 1.165) is 21.8 Å². The normalized spacial score (nSPS) is 12.1. The fourth-order valence-corrected chi connectivity index (χ4v) is 4.12. The second kappa shape index (κ2) is 10.3. The summed E-state index contributed by atoms with van der Waals surface area (Å²) in [5, 5.41) is 3.94. The molecule has 6 heteroatoms. The molecule has 1 N–H and O–H groups in total. The van der Waals surface area contributed by atoms with Gasteiger partial charge in [-0.3, -0.25) is 9.63 Å². The van der Waals surface area contributed by atoms with Crippen molar-refractivity contribution in [2.24, 2.45) is 0 Å². The van der Waals surface area contributed by atoms with E-state index in [4.69, 9.17) is 9.57 Å². The Hall–Kier alpha value is -3.64. The molecule has 0 saturated heterocycles. The lowest BCUT2D eigenvalue weighted by atomic mass is 9.98. The largest absolute Gasteiger partial charge is 0.447 e. The molecule has 6 nitrogen and oxygen atoms in total. The Bertz CT molecular complexity index is 1080. The number of nitrogens with one attached hydrogen (secondary N) is 1. The van der Waals surface area contributed by atoms with E-state index in [-0.39, 0.29) is 31.4 Å². The number of carbonyl (C=O) groups is 2. The molecule has 3 aromatic carbocycles. The molecule has 1 aliphatic carbocycles. The van der Waals surface area contributed by atoms with Crippen molar-refractivity contribution in [3.05, 3.63) is 95.1 Å². The molecule has 170 valence electrons. The summed E-state index contributed by atoms with van der Waals surface area (Å²) in [5.74, 6) is -0.193. The van der Waals surface area contributed by atoms with Crippen LogP contribution in [0.1, 0.15) is 34.6 Å². The number of amides is 2. The summed E-state index contributed by atoms with van der Waals surface area (Å²) >= 11 is 0. The molecule has 0 radical (unpaired) electrons. The van der Waals surface area contributed by atoms with E-state index in [9.17, 15) is 9.59 Å². The highest BCUT2D eigenvalue weighted by molar-refractivity contribution is 5.79. The smallest absolute Gasteiger partial charge is 0.433 e. The van der Waals surface area contributed by atoms with Gasteiger partial charge in [0, 0.05) is 18.9 Å². The molecule has 0 fully saturated rings. The first-order valence-electron chi connectivity index (χ1n) is 11.1. The molecule has 4 rings (SSSR count). The second-order valence-electron chi connectivity index (χ2n) is 8.10. The average Bonchev–Trinajstić information content (AvgIpc) is 3.16. The van der Waals surface area contributed by atoms with Crippen LogP contribution in [0.5, 0.6) is 0 Å². The van der Waals surface area contributed by atoms with Crippen LogP contribution in [0.25, 0.3) is 11.1 Å². The van der Waals surface area contributed by atoms with Gasteiger partial charge in [0.2, 0.25) is 5.91 Å². The van der Waals surface area contributed by atoms with Gasteiger partial charge in [0.25, 0.3) is 0 Å². The van der Waals surface area contributed by atoms with Gasteiger partial charge >= 0.3 is 6.09 Å². The lowest BCUT2D eigenvalue weighted by Crippen LogP contribution is -2.35. The Kier molecular flexibility index (Phi) is 7.05. The molecule has 33 heavy (non-hydrogen) atoms. The van der Waals surface area contributed by atoms with Crippen LogP contribution in [0.3, 0.4) is 0 Å². The SMILES string of the molecule is CON(CCC(=O)NCc1ccc(C)cc1)C(=O)OCC1c2ccccc2-c2ccccc21. The molecule has 3 aromatic rings. The third kappa shape index (κ3) is 5.23. The van der Waals surface area contributed by atoms with Crippen molar-refractivity contribution >= 4 is 12.0 Å². The molecule has 0 heterocycles. The summed E-state index contributed by atoms with van der Waals surface area (Å²) in [6, 6.07) is 24.3. The van der Waals surface area contributed by atoms with Gasteiger partial charge in [-0.2, -0.15) is 5.06 Å². The first-order chi connectivity index (χ1) is 16.1. The maximum atomic E-state index is 12.6. The molecular weight excluding hydrogens is 416 g/mol. The number of benzene rings is 3. The van der Waals surface area contributed by atoms with E-state index in [1.54, 1.807) is 0 Å². The molecule has 0 aromatic heterocycles. The number of nitrogens with zero attached hydrogens (tertiary/aromatic N) is 1. The van der Waals surface area contributed by atoms with E-state index in [0.29, 0.717) is 6.54 Å². The van der Waals surface area contributed by atoms with Crippen molar-refractivity contribution in [3.8, 4) is 11.1 Å².